The Bertz CT molecular complexity index is 1890. The molecule has 3 nitrogen and oxygen atoms in total. The molecule has 1 N–H and O–H groups in total. The molecule has 0 radical (unpaired) electrons. The van der Waals surface area contributed by atoms with Crippen LogP contribution in [0.1, 0.15) is 0 Å². The first-order chi connectivity index (χ1) is 17.3. The molecule has 0 bridgehead atoms. The highest BCUT2D eigenvalue weighted by atomic mass is 16.3. The van der Waals surface area contributed by atoms with Gasteiger partial charge in [-0.2, -0.15) is 0 Å². The fourth-order valence-electron chi connectivity index (χ4n) is 4.98. The second kappa shape index (κ2) is 7.64. The number of phenolic OH excluding ortho intramolecular Hbond substituents is 1. The molecular weight excluding hydrogens is 428 g/mol. The van der Waals surface area contributed by atoms with Gasteiger partial charge in [0.05, 0.1) is 22.1 Å². The predicted molar refractivity (Wildman–Crippen MR) is 145 cm³/mol. The lowest BCUT2D eigenvalue weighted by Crippen LogP contribution is -1.94. The van der Waals surface area contributed by atoms with E-state index in [0.717, 1.165) is 54.8 Å². The topological polar surface area (TPSA) is 46.0 Å². The molecular formula is C32H20N2O. The van der Waals surface area contributed by atoms with Crippen molar-refractivity contribution in [3.8, 4) is 28.0 Å². The summed E-state index contributed by atoms with van der Waals surface area (Å²) in [7, 11) is 0. The molecule has 7 aromatic rings. The third kappa shape index (κ3) is 3.13. The van der Waals surface area contributed by atoms with Gasteiger partial charge in [-0.25, -0.2) is 9.97 Å². The molecule has 0 spiro atoms. The number of hydrogen-bond acceptors (Lipinski definition) is 3. The third-order valence-electron chi connectivity index (χ3n) is 6.72. The Balaban J connectivity index is 1.54. The zero-order valence-electron chi connectivity index (χ0n) is 18.8. The van der Waals surface area contributed by atoms with E-state index in [-0.39, 0.29) is 5.75 Å². The second-order valence-corrected chi connectivity index (χ2v) is 8.82. The predicted octanol–water partition coefficient (Wildman–Crippen LogP) is 8.13. The minimum Gasteiger partial charge on any atom is -0.507 e. The van der Waals surface area contributed by atoms with Crippen molar-refractivity contribution in [3.63, 3.8) is 0 Å². The van der Waals surface area contributed by atoms with Gasteiger partial charge in [0.15, 0.2) is 0 Å². The molecule has 0 saturated heterocycles. The van der Waals surface area contributed by atoms with Crippen LogP contribution in [0.2, 0.25) is 0 Å². The molecule has 0 unspecified atom stereocenters. The highest BCUT2D eigenvalue weighted by molar-refractivity contribution is 6.16. The van der Waals surface area contributed by atoms with Gasteiger partial charge in [0.25, 0.3) is 0 Å². The lowest BCUT2D eigenvalue weighted by atomic mass is 9.95. The van der Waals surface area contributed by atoms with E-state index in [1.165, 1.54) is 0 Å². The molecule has 6 aromatic carbocycles. The number of phenols is 1. The maximum Gasteiger partial charge on any atom is 0.133 e. The monoisotopic (exact) mass is 448 g/mol. The smallest absolute Gasteiger partial charge is 0.133 e. The Morgan fingerprint density at radius 1 is 0.457 bits per heavy atom. The molecule has 0 fully saturated rings. The summed E-state index contributed by atoms with van der Waals surface area (Å²) in [4.78, 5) is 10.1. The van der Waals surface area contributed by atoms with Crippen LogP contribution in [0, 0.1) is 0 Å². The molecule has 0 amide bonds. The van der Waals surface area contributed by atoms with Crippen molar-refractivity contribution in [2.24, 2.45) is 0 Å². The molecule has 0 saturated carbocycles. The Labute approximate surface area is 202 Å². The molecule has 0 aliphatic rings. The van der Waals surface area contributed by atoms with E-state index in [4.69, 9.17) is 9.97 Å². The highest BCUT2D eigenvalue weighted by Crippen LogP contribution is 2.43. The van der Waals surface area contributed by atoms with Gasteiger partial charge in [-0.3, -0.25) is 0 Å². The first kappa shape index (κ1) is 19.7. The number of hydrogen-bond donors (Lipinski definition) is 1. The van der Waals surface area contributed by atoms with Gasteiger partial charge in [-0.05, 0) is 39.6 Å². The number of aromatic nitrogens is 2. The summed E-state index contributed by atoms with van der Waals surface area (Å²) in [6.45, 7) is 0. The van der Waals surface area contributed by atoms with Gasteiger partial charge in [0, 0.05) is 10.8 Å². The van der Waals surface area contributed by atoms with E-state index in [2.05, 4.69) is 60.7 Å². The quantitative estimate of drug-likeness (QED) is 0.214. The first-order valence-corrected chi connectivity index (χ1v) is 11.7. The molecule has 0 atom stereocenters. The molecule has 3 heteroatoms. The van der Waals surface area contributed by atoms with Crippen molar-refractivity contribution in [1.29, 1.82) is 0 Å². The van der Waals surface area contributed by atoms with Crippen molar-refractivity contribution in [2.45, 2.75) is 0 Å². The van der Waals surface area contributed by atoms with Crippen LogP contribution < -0.4 is 0 Å². The molecule has 164 valence electrons. The number of fused-ring (bicyclic) bond motifs is 5. The third-order valence-corrected chi connectivity index (χ3v) is 6.72. The number of benzene rings is 6. The van der Waals surface area contributed by atoms with Crippen LogP contribution >= 0.6 is 0 Å². The summed E-state index contributed by atoms with van der Waals surface area (Å²) in [6, 6.07) is 38.8. The minimum atomic E-state index is 0.231. The lowest BCUT2D eigenvalue weighted by molar-refractivity contribution is 0.484. The van der Waals surface area contributed by atoms with E-state index < -0.39 is 0 Å². The molecule has 1 aromatic heterocycles. The molecule has 35 heavy (non-hydrogen) atoms. The van der Waals surface area contributed by atoms with Gasteiger partial charge < -0.3 is 5.11 Å². The Morgan fingerprint density at radius 2 is 0.971 bits per heavy atom. The van der Waals surface area contributed by atoms with Gasteiger partial charge in [0.2, 0.25) is 0 Å². The number of nitrogens with zero attached hydrogens (tertiary/aromatic N) is 2. The summed E-state index contributed by atoms with van der Waals surface area (Å²) in [6.07, 6.45) is 0. The van der Waals surface area contributed by atoms with Crippen LogP contribution in [-0.4, -0.2) is 15.1 Å². The van der Waals surface area contributed by atoms with Gasteiger partial charge >= 0.3 is 0 Å². The highest BCUT2D eigenvalue weighted by Gasteiger charge is 2.18. The SMILES string of the molecule is Oc1c(-c2ccc(-c3ccccc3)cc2)c2nc3cc4ccccc4cc3nc2c2ccccc12. The van der Waals surface area contributed by atoms with Crippen molar-refractivity contribution in [2.75, 3.05) is 0 Å². The van der Waals surface area contributed by atoms with Crippen LogP contribution in [0.25, 0.3) is 65.9 Å². The zero-order chi connectivity index (χ0) is 23.4. The average molecular weight is 449 g/mol. The maximum absolute atomic E-state index is 11.5. The largest absolute Gasteiger partial charge is 0.507 e. The Hall–Kier alpha value is -4.76. The molecule has 1 heterocycles. The van der Waals surface area contributed by atoms with Gasteiger partial charge in [-0.15, -0.1) is 0 Å². The van der Waals surface area contributed by atoms with Crippen molar-refractivity contribution in [3.05, 3.63) is 115 Å². The summed E-state index contributed by atoms with van der Waals surface area (Å²) in [5, 5.41) is 15.4. The number of aromatic hydroxyl groups is 1. The second-order valence-electron chi connectivity index (χ2n) is 8.82. The summed E-state index contributed by atoms with van der Waals surface area (Å²) < 4.78 is 0. The summed E-state index contributed by atoms with van der Waals surface area (Å²) >= 11 is 0. The van der Waals surface area contributed by atoms with E-state index >= 15 is 0 Å². The zero-order valence-corrected chi connectivity index (χ0v) is 18.8. The maximum atomic E-state index is 11.5. The molecule has 0 aliphatic carbocycles. The summed E-state index contributed by atoms with van der Waals surface area (Å²) in [5.74, 6) is 0.231. The van der Waals surface area contributed by atoms with E-state index in [9.17, 15) is 5.11 Å². The summed E-state index contributed by atoms with van der Waals surface area (Å²) in [5.41, 5.74) is 7.06. The Kier molecular flexibility index (Phi) is 4.30. The normalized spacial score (nSPS) is 11.5. The van der Waals surface area contributed by atoms with Crippen LogP contribution in [0.15, 0.2) is 115 Å². The van der Waals surface area contributed by atoms with Crippen LogP contribution in [0.5, 0.6) is 5.75 Å². The van der Waals surface area contributed by atoms with Crippen LogP contribution in [0.4, 0.5) is 0 Å². The minimum absolute atomic E-state index is 0.231. The standard InChI is InChI=1S/C32H20N2O/c35-32-26-13-7-6-12-25(26)30-31(34-28-19-24-11-5-4-10-23(24)18-27(28)33-30)29(32)22-16-14-21(15-17-22)20-8-2-1-3-9-20/h1-19,35H. The Morgan fingerprint density at radius 3 is 1.66 bits per heavy atom. The van der Waals surface area contributed by atoms with Crippen molar-refractivity contribution < 1.29 is 5.11 Å². The van der Waals surface area contributed by atoms with Gasteiger partial charge in [-0.1, -0.05) is 103 Å². The first-order valence-electron chi connectivity index (χ1n) is 11.7. The van der Waals surface area contributed by atoms with E-state index in [1.54, 1.807) is 0 Å². The number of rotatable bonds is 2. The van der Waals surface area contributed by atoms with Crippen LogP contribution in [0.3, 0.4) is 0 Å². The van der Waals surface area contributed by atoms with Crippen molar-refractivity contribution in [1.82, 2.24) is 9.97 Å². The van der Waals surface area contributed by atoms with Gasteiger partial charge in [0.1, 0.15) is 11.3 Å². The van der Waals surface area contributed by atoms with E-state index in [1.807, 2.05) is 54.6 Å². The van der Waals surface area contributed by atoms with E-state index in [0.29, 0.717) is 11.1 Å². The molecule has 0 aliphatic heterocycles. The van der Waals surface area contributed by atoms with Crippen LogP contribution in [-0.2, 0) is 0 Å². The fourth-order valence-corrected chi connectivity index (χ4v) is 4.98. The molecule has 7 rings (SSSR count). The average Bonchev–Trinajstić information content (AvgIpc) is 2.92. The van der Waals surface area contributed by atoms with Crippen molar-refractivity contribution >= 4 is 43.6 Å². The fraction of sp³-hybridized carbons (Fsp3) is 0. The lowest BCUT2D eigenvalue weighted by Gasteiger charge is -2.14.